The predicted octanol–water partition coefficient (Wildman–Crippen LogP) is 3.50. The van der Waals surface area contributed by atoms with Gasteiger partial charge in [-0.25, -0.2) is 4.79 Å². The van der Waals surface area contributed by atoms with E-state index in [0.29, 0.717) is 6.42 Å². The van der Waals surface area contributed by atoms with Crippen LogP contribution in [0, 0.1) is 22.0 Å². The number of esters is 1. The molecule has 0 saturated carbocycles. The van der Waals surface area contributed by atoms with Gasteiger partial charge in [-0.2, -0.15) is 0 Å². The number of hydrogen-bond acceptors (Lipinski definition) is 4. The molecule has 0 aliphatic heterocycles. The average Bonchev–Trinajstić information content (AvgIpc) is 2.56. The monoisotopic (exact) mass is 307 g/mol. The third-order valence-electron chi connectivity index (χ3n) is 2.75. The van der Waals surface area contributed by atoms with Crippen molar-refractivity contribution in [3.05, 3.63) is 82.4 Å². The van der Waals surface area contributed by atoms with Crippen LogP contribution >= 0.6 is 0 Å². The van der Waals surface area contributed by atoms with Crippen molar-refractivity contribution in [2.75, 3.05) is 0 Å². The first-order valence-electron chi connectivity index (χ1n) is 6.82. The first-order chi connectivity index (χ1) is 11.1. The third-order valence-corrected chi connectivity index (χ3v) is 2.75. The highest BCUT2D eigenvalue weighted by Crippen LogP contribution is 2.17. The van der Waals surface area contributed by atoms with Gasteiger partial charge in [0.15, 0.2) is 0 Å². The smallest absolute Gasteiger partial charge is 0.335 e. The number of carbonyl (C=O) groups excluding carboxylic acids is 1. The van der Waals surface area contributed by atoms with Crippen LogP contribution in [0.2, 0.25) is 0 Å². The first-order valence-corrected chi connectivity index (χ1v) is 6.82. The number of nitrogens with zero attached hydrogens (tertiary/aromatic N) is 1. The Hall–Kier alpha value is -3.39. The van der Waals surface area contributed by atoms with Crippen molar-refractivity contribution in [2.45, 2.75) is 6.42 Å². The number of ether oxygens (including phenoxy) is 1. The van der Waals surface area contributed by atoms with Gasteiger partial charge in [-0.1, -0.05) is 36.1 Å². The van der Waals surface area contributed by atoms with E-state index in [-0.39, 0.29) is 11.4 Å². The molecule has 2 rings (SSSR count). The Balaban J connectivity index is 1.82. The second-order valence-corrected chi connectivity index (χ2v) is 4.45. The summed E-state index contributed by atoms with van der Waals surface area (Å²) in [4.78, 5) is 21.6. The zero-order valence-electron chi connectivity index (χ0n) is 12.1. The molecule has 5 nitrogen and oxygen atoms in total. The Bertz CT molecular complexity index is 768. The second-order valence-electron chi connectivity index (χ2n) is 4.45. The Kier molecular flexibility index (Phi) is 5.67. The van der Waals surface area contributed by atoms with Crippen LogP contribution in [-0.4, -0.2) is 10.9 Å². The second kappa shape index (κ2) is 8.15. The number of non-ortho nitro benzene ring substituents is 1. The fourth-order valence-corrected chi connectivity index (χ4v) is 1.67. The number of benzene rings is 2. The van der Waals surface area contributed by atoms with Gasteiger partial charge in [-0.3, -0.25) is 10.1 Å². The van der Waals surface area contributed by atoms with Gasteiger partial charge in [0.25, 0.3) is 5.69 Å². The molecule has 0 heterocycles. The van der Waals surface area contributed by atoms with E-state index >= 15 is 0 Å². The normalized spacial score (nSPS) is 9.91. The van der Waals surface area contributed by atoms with Gasteiger partial charge >= 0.3 is 5.97 Å². The molecule has 0 spiro atoms. The van der Waals surface area contributed by atoms with Gasteiger partial charge in [-0.15, -0.1) is 0 Å². The zero-order chi connectivity index (χ0) is 16.5. The topological polar surface area (TPSA) is 69.4 Å². The summed E-state index contributed by atoms with van der Waals surface area (Å²) in [5.41, 5.74) is 0.853. The fraction of sp³-hybridized carbons (Fsp3) is 0.0556. The van der Waals surface area contributed by atoms with E-state index in [1.54, 1.807) is 6.08 Å². The van der Waals surface area contributed by atoms with Gasteiger partial charge < -0.3 is 4.74 Å². The van der Waals surface area contributed by atoms with Crippen molar-refractivity contribution < 1.29 is 14.5 Å². The Morgan fingerprint density at radius 1 is 1.13 bits per heavy atom. The maximum absolute atomic E-state index is 11.6. The van der Waals surface area contributed by atoms with Crippen molar-refractivity contribution in [2.24, 2.45) is 0 Å². The van der Waals surface area contributed by atoms with E-state index in [4.69, 9.17) is 4.74 Å². The zero-order valence-corrected chi connectivity index (χ0v) is 12.1. The molecule has 2 aromatic carbocycles. The van der Waals surface area contributed by atoms with Gasteiger partial charge in [0, 0.05) is 30.2 Å². The van der Waals surface area contributed by atoms with Crippen molar-refractivity contribution in [1.82, 2.24) is 0 Å². The molecule has 0 unspecified atom stereocenters. The summed E-state index contributed by atoms with van der Waals surface area (Å²) >= 11 is 0. The van der Waals surface area contributed by atoms with E-state index in [1.165, 1.54) is 30.3 Å². The standard InChI is InChI=1S/C18H13NO4/c20-18(23-17-13-11-16(12-14-17)19(21)22)10-6-2-5-9-15-7-3-1-4-8-15/h1,3-4,6-8,10-14H,2H2/b10-6+. The van der Waals surface area contributed by atoms with Crippen molar-refractivity contribution in [3.8, 4) is 17.6 Å². The van der Waals surface area contributed by atoms with Crippen LogP contribution in [0.4, 0.5) is 5.69 Å². The Morgan fingerprint density at radius 3 is 2.48 bits per heavy atom. The summed E-state index contributed by atoms with van der Waals surface area (Å²) in [6.07, 6.45) is 3.30. The number of hydrogen-bond donors (Lipinski definition) is 0. The quantitative estimate of drug-likeness (QED) is 0.216. The number of rotatable bonds is 4. The lowest BCUT2D eigenvalue weighted by Gasteiger charge is -1.99. The van der Waals surface area contributed by atoms with E-state index in [9.17, 15) is 14.9 Å². The summed E-state index contributed by atoms with van der Waals surface area (Å²) in [6, 6.07) is 14.8. The molecule has 23 heavy (non-hydrogen) atoms. The minimum Gasteiger partial charge on any atom is -0.423 e. The molecule has 0 aliphatic rings. The molecule has 0 amide bonds. The van der Waals surface area contributed by atoms with Crippen LogP contribution in [0.1, 0.15) is 12.0 Å². The molecule has 0 aromatic heterocycles. The number of nitro benzene ring substituents is 1. The van der Waals surface area contributed by atoms with Crippen LogP contribution in [-0.2, 0) is 4.79 Å². The number of allylic oxidation sites excluding steroid dienone is 1. The molecular formula is C18H13NO4. The lowest BCUT2D eigenvalue weighted by Crippen LogP contribution is -2.03. The van der Waals surface area contributed by atoms with E-state index in [0.717, 1.165) is 5.56 Å². The van der Waals surface area contributed by atoms with Crippen LogP contribution < -0.4 is 4.74 Å². The fourth-order valence-electron chi connectivity index (χ4n) is 1.67. The lowest BCUT2D eigenvalue weighted by molar-refractivity contribution is -0.384. The molecular weight excluding hydrogens is 294 g/mol. The molecule has 0 radical (unpaired) electrons. The third kappa shape index (κ3) is 5.48. The molecule has 2 aromatic rings. The molecule has 5 heteroatoms. The van der Waals surface area contributed by atoms with Gasteiger partial charge in [-0.05, 0) is 24.3 Å². The molecule has 0 aliphatic carbocycles. The van der Waals surface area contributed by atoms with Gasteiger partial charge in [0.2, 0.25) is 0 Å². The summed E-state index contributed by atoms with van der Waals surface area (Å²) in [6.45, 7) is 0. The van der Waals surface area contributed by atoms with Crippen molar-refractivity contribution >= 4 is 11.7 Å². The van der Waals surface area contributed by atoms with Crippen molar-refractivity contribution in [3.63, 3.8) is 0 Å². The summed E-state index contributed by atoms with van der Waals surface area (Å²) in [5.74, 6) is 5.58. The summed E-state index contributed by atoms with van der Waals surface area (Å²) in [5, 5.41) is 10.5. The minimum absolute atomic E-state index is 0.0588. The first kappa shape index (κ1) is 16.0. The van der Waals surface area contributed by atoms with E-state index in [1.807, 2.05) is 30.3 Å². The summed E-state index contributed by atoms with van der Waals surface area (Å²) < 4.78 is 5.02. The molecule has 0 N–H and O–H groups in total. The SMILES string of the molecule is O=C(/C=C/CC#Cc1ccccc1)Oc1ccc([N+](=O)[O-])cc1. The summed E-state index contributed by atoms with van der Waals surface area (Å²) in [7, 11) is 0. The molecule has 0 saturated heterocycles. The lowest BCUT2D eigenvalue weighted by atomic mass is 10.2. The highest BCUT2D eigenvalue weighted by atomic mass is 16.6. The minimum atomic E-state index is -0.555. The Morgan fingerprint density at radius 2 is 1.83 bits per heavy atom. The van der Waals surface area contributed by atoms with Crippen molar-refractivity contribution in [1.29, 1.82) is 0 Å². The van der Waals surface area contributed by atoms with Crippen LogP contribution in [0.25, 0.3) is 0 Å². The van der Waals surface area contributed by atoms with Gasteiger partial charge in [0.05, 0.1) is 4.92 Å². The number of carbonyl (C=O) groups is 1. The number of nitro groups is 1. The van der Waals surface area contributed by atoms with Crippen LogP contribution in [0.3, 0.4) is 0 Å². The maximum Gasteiger partial charge on any atom is 0.335 e. The molecule has 0 bridgehead atoms. The highest BCUT2D eigenvalue weighted by Gasteiger charge is 2.05. The average molecular weight is 307 g/mol. The molecule has 0 fully saturated rings. The van der Waals surface area contributed by atoms with Crippen LogP contribution in [0.5, 0.6) is 5.75 Å². The highest BCUT2D eigenvalue weighted by molar-refractivity contribution is 5.84. The van der Waals surface area contributed by atoms with Gasteiger partial charge in [0.1, 0.15) is 5.75 Å². The van der Waals surface area contributed by atoms with E-state index in [2.05, 4.69) is 11.8 Å². The largest absolute Gasteiger partial charge is 0.423 e. The van der Waals surface area contributed by atoms with E-state index < -0.39 is 10.9 Å². The molecule has 0 atom stereocenters. The molecule has 114 valence electrons. The maximum atomic E-state index is 11.6. The predicted molar refractivity (Wildman–Crippen MR) is 85.8 cm³/mol. The Labute approximate surface area is 133 Å². The van der Waals surface area contributed by atoms with Crippen LogP contribution in [0.15, 0.2) is 66.7 Å².